The Kier molecular flexibility index (Phi) is 22.1. The van der Waals surface area contributed by atoms with Gasteiger partial charge in [0, 0.05) is 76.6 Å². The minimum absolute atomic E-state index is 0.00903. The number of nitrogens with zero attached hydrogens (tertiary/aromatic N) is 5. The van der Waals surface area contributed by atoms with E-state index in [1.54, 1.807) is 82.6 Å². The number of H-pyrrole nitrogens is 1. The van der Waals surface area contributed by atoms with Crippen LogP contribution < -0.4 is 10.6 Å². The van der Waals surface area contributed by atoms with Crippen LogP contribution in [0.1, 0.15) is 86.6 Å². The molecule has 0 saturated carbocycles. The third-order valence-electron chi connectivity index (χ3n) is 9.34. The molecule has 0 aliphatic rings. The van der Waals surface area contributed by atoms with E-state index in [1.807, 2.05) is 39.8 Å². The van der Waals surface area contributed by atoms with Gasteiger partial charge < -0.3 is 20.1 Å². The Bertz CT molecular complexity index is 2520. The molecule has 0 radical (unpaired) electrons. The quantitative estimate of drug-likeness (QED) is 0.0974. The Morgan fingerprint density at radius 2 is 1.10 bits per heavy atom. The number of benzene rings is 2. The molecular formula is C46H67BrF2N8O8S2. The lowest BCUT2D eigenvalue weighted by molar-refractivity contribution is 0.0522. The van der Waals surface area contributed by atoms with Crippen molar-refractivity contribution in [2.75, 3.05) is 46.6 Å². The summed E-state index contributed by atoms with van der Waals surface area (Å²) < 4.78 is 89.4. The normalized spacial score (nSPS) is 12.5. The molecule has 2 heterocycles. The molecule has 0 saturated heterocycles. The smallest absolute Gasteiger partial charge is 0.407 e. The molecule has 0 atom stereocenters. The molecule has 0 fully saturated rings. The van der Waals surface area contributed by atoms with Gasteiger partial charge in [0.1, 0.15) is 22.9 Å². The number of allylic oxidation sites excluding steroid dienone is 2. The third kappa shape index (κ3) is 19.7. The number of rotatable bonds is 15. The monoisotopic (exact) mass is 1040 g/mol. The van der Waals surface area contributed by atoms with Crippen molar-refractivity contribution in [3.63, 3.8) is 0 Å². The Hall–Kier alpha value is -4.96. The number of carbonyl (C=O) groups is 2. The first-order chi connectivity index (χ1) is 30.9. The van der Waals surface area contributed by atoms with Gasteiger partial charge in [0.05, 0.1) is 33.1 Å². The topological polar surface area (TPSA) is 198 Å². The van der Waals surface area contributed by atoms with Crippen molar-refractivity contribution in [2.45, 2.75) is 110 Å². The minimum atomic E-state index is -3.48. The van der Waals surface area contributed by atoms with E-state index in [1.165, 1.54) is 49.0 Å². The first kappa shape index (κ1) is 58.2. The molecule has 0 spiro atoms. The molecule has 4 aromatic rings. The molecule has 4 rings (SSSR count). The number of nitrogens with one attached hydrogen (secondary N) is 3. The number of alkyl halides is 1. The summed E-state index contributed by atoms with van der Waals surface area (Å²) >= 11 is 2.94. The van der Waals surface area contributed by atoms with Crippen molar-refractivity contribution >= 4 is 48.2 Å². The summed E-state index contributed by atoms with van der Waals surface area (Å²) in [5.41, 5.74) is 6.59. The number of hydrogen-bond acceptors (Lipinski definition) is 10. The zero-order chi connectivity index (χ0) is 51.1. The molecule has 0 unspecified atom stereocenters. The van der Waals surface area contributed by atoms with E-state index < -0.39 is 49.3 Å². The second-order valence-corrected chi connectivity index (χ2v) is 22.5. The van der Waals surface area contributed by atoms with Crippen LogP contribution >= 0.6 is 15.9 Å². The SMILES string of the molecule is CC(C)(C)OC(=O)NC/C=C(\F)CBr.Cc1n[nH]c(C)c1Cc1ccc(S(=O)(=O)N(C)C)cc1.Cc1nn(C/C(F)=C/CNC(=O)OC(C)(C)C)c(C)c1Cc1ccc(S(=O)(=O)N(C)C)cc1. The zero-order valence-corrected chi connectivity index (χ0v) is 44.2. The van der Waals surface area contributed by atoms with E-state index in [9.17, 15) is 35.2 Å². The summed E-state index contributed by atoms with van der Waals surface area (Å²) in [5.74, 6) is -0.748. The van der Waals surface area contributed by atoms with E-state index in [2.05, 4.69) is 41.9 Å². The second-order valence-electron chi connectivity index (χ2n) is 17.6. The van der Waals surface area contributed by atoms with Gasteiger partial charge in [0.2, 0.25) is 20.0 Å². The molecule has 3 N–H and O–H groups in total. The maximum absolute atomic E-state index is 14.4. The first-order valence-electron chi connectivity index (χ1n) is 21.1. The number of alkyl carbamates (subject to hydrolysis) is 2. The summed E-state index contributed by atoms with van der Waals surface area (Å²) in [5, 5.41) is 16.6. The zero-order valence-electron chi connectivity index (χ0n) is 41.0. The number of hydrogen-bond donors (Lipinski definition) is 3. The lowest BCUT2D eigenvalue weighted by Gasteiger charge is -2.19. The Labute approximate surface area is 403 Å². The van der Waals surface area contributed by atoms with Gasteiger partial charge in [-0.1, -0.05) is 40.2 Å². The van der Waals surface area contributed by atoms with E-state index >= 15 is 0 Å². The Morgan fingerprint density at radius 1 is 0.701 bits per heavy atom. The first-order valence-corrected chi connectivity index (χ1v) is 25.1. The van der Waals surface area contributed by atoms with Crippen LogP contribution in [0.5, 0.6) is 0 Å². The average Bonchev–Trinajstić information content (AvgIpc) is 3.67. The molecule has 0 aliphatic heterocycles. The summed E-state index contributed by atoms with van der Waals surface area (Å²) in [6.07, 6.45) is 2.70. The molecule has 2 aromatic heterocycles. The van der Waals surface area contributed by atoms with Crippen LogP contribution in [0.4, 0.5) is 18.4 Å². The van der Waals surface area contributed by atoms with Crippen LogP contribution in [0.15, 0.2) is 82.1 Å². The Morgan fingerprint density at radius 3 is 1.46 bits per heavy atom. The number of halogens is 3. The number of aryl methyl sites for hydroxylation is 3. The van der Waals surface area contributed by atoms with Crippen molar-refractivity contribution in [2.24, 2.45) is 0 Å². The van der Waals surface area contributed by atoms with E-state index in [-0.39, 0.29) is 35.7 Å². The van der Waals surface area contributed by atoms with Crippen molar-refractivity contribution in [1.29, 1.82) is 0 Å². The average molecular weight is 1040 g/mol. The highest BCUT2D eigenvalue weighted by Crippen LogP contribution is 2.22. The van der Waals surface area contributed by atoms with Crippen LogP contribution in [0.2, 0.25) is 0 Å². The van der Waals surface area contributed by atoms with Crippen molar-refractivity contribution in [3.05, 3.63) is 117 Å². The molecule has 16 nitrogen and oxygen atoms in total. The molecule has 2 aromatic carbocycles. The van der Waals surface area contributed by atoms with Crippen molar-refractivity contribution in [1.82, 2.24) is 39.2 Å². The molecule has 21 heteroatoms. The summed E-state index contributed by atoms with van der Waals surface area (Å²) in [4.78, 5) is 23.2. The fourth-order valence-electron chi connectivity index (χ4n) is 5.75. The standard InChI is InChI=1S/C23H33FN4O4S.C14H19N3O2S.C9H15BrFNO2/c1-16-21(14-18-8-10-20(11-9-18)33(30,31)27(6)7)17(2)28(26-16)15-19(24)12-13-25-22(29)32-23(3,4)5;1-10-14(11(2)16-15-10)9-12-5-7-13(8-6-12)20(18,19)17(3)4;1-9(2,3)14-8(13)12-5-4-7(11)6-10/h8-12H,13-15H2,1-7H3,(H,25,29);5-8H,9H2,1-4H3,(H,15,16);4H,5-6H2,1-3H3,(H,12,13)/b19-12-;;7-4-. The van der Waals surface area contributed by atoms with Gasteiger partial charge in [-0.3, -0.25) is 9.78 Å². The van der Waals surface area contributed by atoms with Gasteiger partial charge in [-0.2, -0.15) is 10.2 Å². The van der Waals surface area contributed by atoms with E-state index in [0.29, 0.717) is 11.3 Å². The van der Waals surface area contributed by atoms with Crippen LogP contribution in [0, 0.1) is 27.7 Å². The number of sulfonamides is 2. The second kappa shape index (κ2) is 25.4. The predicted molar refractivity (Wildman–Crippen MR) is 261 cm³/mol. The number of carbonyl (C=O) groups excluding carboxylic acids is 2. The number of aromatic amines is 1. The van der Waals surface area contributed by atoms with Gasteiger partial charge in [-0.25, -0.2) is 43.8 Å². The lowest BCUT2D eigenvalue weighted by Crippen LogP contribution is -2.32. The van der Waals surface area contributed by atoms with Gasteiger partial charge >= 0.3 is 12.2 Å². The van der Waals surface area contributed by atoms with Gasteiger partial charge in [-0.05, 0) is 117 Å². The van der Waals surface area contributed by atoms with E-state index in [0.717, 1.165) is 51.5 Å². The summed E-state index contributed by atoms with van der Waals surface area (Å²) in [6, 6.07) is 13.7. The molecule has 2 amide bonds. The molecule has 0 aliphatic carbocycles. The van der Waals surface area contributed by atoms with E-state index in [4.69, 9.17) is 9.47 Å². The van der Waals surface area contributed by atoms with Crippen LogP contribution in [-0.4, -0.2) is 115 Å². The predicted octanol–water partition coefficient (Wildman–Crippen LogP) is 8.35. The molecule has 0 bridgehead atoms. The highest BCUT2D eigenvalue weighted by molar-refractivity contribution is 9.09. The highest BCUT2D eigenvalue weighted by Gasteiger charge is 2.20. The van der Waals surface area contributed by atoms with Gasteiger partial charge in [0.25, 0.3) is 0 Å². The number of aromatic nitrogens is 4. The van der Waals surface area contributed by atoms with Gasteiger partial charge in [-0.15, -0.1) is 0 Å². The molecular weight excluding hydrogens is 975 g/mol. The fourth-order valence-corrected chi connectivity index (χ4v) is 7.78. The van der Waals surface area contributed by atoms with Crippen LogP contribution in [0.25, 0.3) is 0 Å². The number of amides is 2. The largest absolute Gasteiger partial charge is 0.444 e. The molecule has 372 valence electrons. The van der Waals surface area contributed by atoms with Crippen LogP contribution in [0.3, 0.4) is 0 Å². The van der Waals surface area contributed by atoms with Crippen molar-refractivity contribution < 1.29 is 44.7 Å². The lowest BCUT2D eigenvalue weighted by atomic mass is 10.0. The molecule has 67 heavy (non-hydrogen) atoms. The summed E-state index contributed by atoms with van der Waals surface area (Å²) in [7, 11) is -0.795. The van der Waals surface area contributed by atoms with Crippen molar-refractivity contribution in [3.8, 4) is 0 Å². The third-order valence-corrected chi connectivity index (χ3v) is 13.5. The minimum Gasteiger partial charge on any atom is -0.444 e. The Balaban J connectivity index is 0.000000384. The maximum Gasteiger partial charge on any atom is 0.407 e. The maximum atomic E-state index is 14.4. The van der Waals surface area contributed by atoms with Gasteiger partial charge in [0.15, 0.2) is 0 Å². The summed E-state index contributed by atoms with van der Waals surface area (Å²) in [6.45, 7) is 18.3. The fraction of sp³-hybridized carbons (Fsp3) is 0.478. The highest BCUT2D eigenvalue weighted by atomic mass is 79.9. The number of ether oxygens (including phenoxy) is 2. The van der Waals surface area contributed by atoms with Crippen LogP contribution in [-0.2, 0) is 48.9 Å².